The quantitative estimate of drug-likeness (QED) is 0.902. The van der Waals surface area contributed by atoms with E-state index in [0.717, 1.165) is 18.4 Å². The predicted molar refractivity (Wildman–Crippen MR) is 87.9 cm³/mol. The van der Waals surface area contributed by atoms with Gasteiger partial charge in [-0.25, -0.2) is 0 Å². The van der Waals surface area contributed by atoms with Crippen molar-refractivity contribution in [3.05, 3.63) is 34.9 Å². The van der Waals surface area contributed by atoms with Gasteiger partial charge in [0.05, 0.1) is 6.61 Å². The highest BCUT2D eigenvalue weighted by Gasteiger charge is 2.45. The lowest BCUT2D eigenvalue weighted by molar-refractivity contribution is 0.0633. The molecule has 0 heterocycles. The number of benzene rings is 1. The Morgan fingerprint density at radius 1 is 1.27 bits per heavy atom. The molecule has 2 aliphatic carbocycles. The van der Waals surface area contributed by atoms with Gasteiger partial charge in [-0.15, -0.1) is 0 Å². The van der Waals surface area contributed by atoms with Crippen LogP contribution in [0.4, 0.5) is 0 Å². The van der Waals surface area contributed by atoms with E-state index in [9.17, 15) is 9.90 Å². The molecule has 0 spiro atoms. The Labute approximate surface area is 137 Å². The van der Waals surface area contributed by atoms with Crippen molar-refractivity contribution < 1.29 is 9.90 Å². The van der Waals surface area contributed by atoms with Gasteiger partial charge in [0.15, 0.2) is 0 Å². The lowest BCUT2D eigenvalue weighted by Gasteiger charge is -2.33. The van der Waals surface area contributed by atoms with Gasteiger partial charge in [0.25, 0.3) is 5.91 Å². The first kappa shape index (κ1) is 15.8. The number of hydrogen-bond donors (Lipinski definition) is 1. The van der Waals surface area contributed by atoms with Crippen LogP contribution in [0, 0.1) is 23.7 Å². The third-order valence-electron chi connectivity index (χ3n) is 5.72. The van der Waals surface area contributed by atoms with Gasteiger partial charge in [0.1, 0.15) is 0 Å². The second kappa shape index (κ2) is 6.59. The number of hydrogen-bond acceptors (Lipinski definition) is 2. The fourth-order valence-electron chi connectivity index (χ4n) is 4.44. The molecule has 1 amide bonds. The summed E-state index contributed by atoms with van der Waals surface area (Å²) in [6.45, 7) is 3.51. The van der Waals surface area contributed by atoms with E-state index in [2.05, 4.69) is 6.92 Å². The van der Waals surface area contributed by atoms with E-state index in [0.29, 0.717) is 29.0 Å². The number of aliphatic hydroxyl groups is 1. The molecule has 3 rings (SSSR count). The maximum Gasteiger partial charge on any atom is 0.253 e. The average Bonchev–Trinajstić information content (AvgIpc) is 3.10. The van der Waals surface area contributed by atoms with E-state index in [1.54, 1.807) is 24.3 Å². The number of carbonyl (C=O) groups excluding carboxylic acids is 1. The van der Waals surface area contributed by atoms with E-state index in [4.69, 9.17) is 11.6 Å². The van der Waals surface area contributed by atoms with Crippen molar-refractivity contribution in [3.63, 3.8) is 0 Å². The molecule has 0 saturated heterocycles. The van der Waals surface area contributed by atoms with Gasteiger partial charge < -0.3 is 10.0 Å². The molecule has 22 heavy (non-hydrogen) atoms. The third kappa shape index (κ3) is 3.02. The number of rotatable bonds is 5. The molecule has 3 nitrogen and oxygen atoms in total. The molecule has 0 unspecified atom stereocenters. The average molecular weight is 322 g/mol. The van der Waals surface area contributed by atoms with Crippen LogP contribution in [0.2, 0.25) is 5.02 Å². The Hall–Kier alpha value is -1.06. The minimum absolute atomic E-state index is 0.000639. The summed E-state index contributed by atoms with van der Waals surface area (Å²) < 4.78 is 0. The Kier molecular flexibility index (Phi) is 4.74. The number of halogens is 1. The molecule has 2 bridgehead atoms. The zero-order chi connectivity index (χ0) is 15.7. The van der Waals surface area contributed by atoms with Crippen LogP contribution in [0.3, 0.4) is 0 Å². The van der Waals surface area contributed by atoms with Gasteiger partial charge in [0, 0.05) is 23.7 Å². The minimum atomic E-state index is 0.000639. The van der Waals surface area contributed by atoms with Crippen molar-refractivity contribution in [2.45, 2.75) is 26.2 Å². The fourth-order valence-corrected chi connectivity index (χ4v) is 4.57. The molecule has 0 aromatic heterocycles. The highest BCUT2D eigenvalue weighted by Crippen LogP contribution is 2.52. The number of amides is 1. The van der Waals surface area contributed by atoms with Crippen LogP contribution in [0.15, 0.2) is 24.3 Å². The summed E-state index contributed by atoms with van der Waals surface area (Å²) in [4.78, 5) is 14.5. The van der Waals surface area contributed by atoms with Crippen LogP contribution in [0.5, 0.6) is 0 Å². The van der Waals surface area contributed by atoms with Crippen molar-refractivity contribution in [3.8, 4) is 0 Å². The van der Waals surface area contributed by atoms with Gasteiger partial charge in [-0.05, 0) is 67.2 Å². The zero-order valence-electron chi connectivity index (χ0n) is 13.0. The monoisotopic (exact) mass is 321 g/mol. The standard InChI is InChI=1S/C18H24ClNO2/c1-12-14-2-3-15(10-14)17(12)11-20(8-9-21)18(22)13-4-6-16(19)7-5-13/h4-7,12,14-15,17,21H,2-3,8-11H2,1H3/t12-,14-,15+,17-/m1/s1. The number of carbonyl (C=O) groups is 1. The van der Waals surface area contributed by atoms with E-state index in [1.807, 2.05) is 4.90 Å². The Morgan fingerprint density at radius 3 is 2.55 bits per heavy atom. The molecule has 120 valence electrons. The van der Waals surface area contributed by atoms with Crippen LogP contribution < -0.4 is 0 Å². The van der Waals surface area contributed by atoms with E-state index < -0.39 is 0 Å². The summed E-state index contributed by atoms with van der Waals surface area (Å²) in [6.07, 6.45) is 3.99. The summed E-state index contributed by atoms with van der Waals surface area (Å²) in [5, 5.41) is 9.96. The molecule has 2 fully saturated rings. The third-order valence-corrected chi connectivity index (χ3v) is 5.97. The van der Waals surface area contributed by atoms with Crippen molar-refractivity contribution in [2.24, 2.45) is 23.7 Å². The predicted octanol–water partition coefficient (Wildman–Crippen LogP) is 3.46. The first-order valence-corrected chi connectivity index (χ1v) is 8.63. The molecule has 1 aromatic rings. The lowest BCUT2D eigenvalue weighted by atomic mass is 9.80. The minimum Gasteiger partial charge on any atom is -0.395 e. The molecule has 4 heteroatoms. The fraction of sp³-hybridized carbons (Fsp3) is 0.611. The highest BCUT2D eigenvalue weighted by molar-refractivity contribution is 6.30. The van der Waals surface area contributed by atoms with Gasteiger partial charge in [-0.1, -0.05) is 18.5 Å². The van der Waals surface area contributed by atoms with E-state index >= 15 is 0 Å². The van der Waals surface area contributed by atoms with Gasteiger partial charge >= 0.3 is 0 Å². The SMILES string of the molecule is C[C@@H]1[C@@H]2CC[C@@H](C2)[C@@H]1CN(CCO)C(=O)c1ccc(Cl)cc1. The maximum absolute atomic E-state index is 12.7. The second-order valence-electron chi connectivity index (χ2n) is 6.84. The first-order valence-electron chi connectivity index (χ1n) is 8.26. The first-order chi connectivity index (χ1) is 10.6. The Morgan fingerprint density at radius 2 is 1.95 bits per heavy atom. The molecule has 0 radical (unpaired) electrons. The number of nitrogens with zero attached hydrogens (tertiary/aromatic N) is 1. The topological polar surface area (TPSA) is 40.5 Å². The lowest BCUT2D eigenvalue weighted by Crippen LogP contribution is -2.40. The number of aliphatic hydroxyl groups excluding tert-OH is 1. The Balaban J connectivity index is 1.72. The molecule has 4 atom stereocenters. The molecule has 1 aromatic carbocycles. The van der Waals surface area contributed by atoms with Crippen LogP contribution in [0.25, 0.3) is 0 Å². The number of fused-ring (bicyclic) bond motifs is 2. The molecule has 1 N–H and O–H groups in total. The summed E-state index contributed by atoms with van der Waals surface area (Å²) >= 11 is 5.89. The Bertz CT molecular complexity index is 528. The van der Waals surface area contributed by atoms with Crippen molar-refractivity contribution in [1.82, 2.24) is 4.90 Å². The van der Waals surface area contributed by atoms with Gasteiger partial charge in [-0.2, -0.15) is 0 Å². The maximum atomic E-state index is 12.7. The molecular weight excluding hydrogens is 298 g/mol. The summed E-state index contributed by atoms with van der Waals surface area (Å²) in [5.41, 5.74) is 0.647. The molecule has 2 aliphatic rings. The van der Waals surface area contributed by atoms with Crippen LogP contribution in [0.1, 0.15) is 36.5 Å². The van der Waals surface area contributed by atoms with Crippen LogP contribution in [-0.2, 0) is 0 Å². The molecule has 2 saturated carbocycles. The van der Waals surface area contributed by atoms with Crippen molar-refractivity contribution in [1.29, 1.82) is 0 Å². The highest BCUT2D eigenvalue weighted by atomic mass is 35.5. The largest absolute Gasteiger partial charge is 0.395 e. The van der Waals surface area contributed by atoms with Crippen molar-refractivity contribution >= 4 is 17.5 Å². The van der Waals surface area contributed by atoms with Crippen LogP contribution >= 0.6 is 11.6 Å². The van der Waals surface area contributed by atoms with E-state index in [-0.39, 0.29) is 12.5 Å². The summed E-state index contributed by atoms with van der Waals surface area (Å²) in [5.74, 6) is 2.89. The summed E-state index contributed by atoms with van der Waals surface area (Å²) in [6, 6.07) is 7.01. The van der Waals surface area contributed by atoms with E-state index in [1.165, 1.54) is 19.3 Å². The van der Waals surface area contributed by atoms with Gasteiger partial charge in [0.2, 0.25) is 0 Å². The molecule has 0 aliphatic heterocycles. The molecular formula is C18H24ClNO2. The smallest absolute Gasteiger partial charge is 0.253 e. The van der Waals surface area contributed by atoms with Crippen molar-refractivity contribution in [2.75, 3.05) is 19.7 Å². The second-order valence-corrected chi connectivity index (χ2v) is 7.27. The zero-order valence-corrected chi connectivity index (χ0v) is 13.8. The normalized spacial score (nSPS) is 29.8. The summed E-state index contributed by atoms with van der Waals surface area (Å²) in [7, 11) is 0. The van der Waals surface area contributed by atoms with Gasteiger partial charge in [-0.3, -0.25) is 4.79 Å². The van der Waals surface area contributed by atoms with Crippen LogP contribution in [-0.4, -0.2) is 35.6 Å².